The first-order valence-electron chi connectivity index (χ1n) is 4.99. The molecule has 2 unspecified atom stereocenters. The van der Waals surface area contributed by atoms with Crippen molar-refractivity contribution in [1.82, 2.24) is 0 Å². The Bertz CT molecular complexity index is 184. The van der Waals surface area contributed by atoms with Gasteiger partial charge in [-0.25, -0.2) is 0 Å². The summed E-state index contributed by atoms with van der Waals surface area (Å²) in [4.78, 5) is 10.2. The van der Waals surface area contributed by atoms with Crippen LogP contribution in [0.2, 0.25) is 0 Å². The van der Waals surface area contributed by atoms with Crippen molar-refractivity contribution in [2.75, 3.05) is 0 Å². The molecule has 0 radical (unpaired) electrons. The number of aliphatic carboxylic acids is 1. The minimum absolute atomic E-state index is 0.369. The van der Waals surface area contributed by atoms with Gasteiger partial charge in [-0.05, 0) is 49.9 Å². The van der Waals surface area contributed by atoms with E-state index in [0.29, 0.717) is 6.42 Å². The molecule has 2 aliphatic carbocycles. The van der Waals surface area contributed by atoms with Gasteiger partial charge in [0.1, 0.15) is 0 Å². The van der Waals surface area contributed by atoms with Gasteiger partial charge in [0.15, 0.2) is 0 Å². The van der Waals surface area contributed by atoms with Gasteiger partial charge in [-0.15, -0.1) is 0 Å². The molecule has 2 rings (SSSR count). The van der Waals surface area contributed by atoms with Crippen LogP contribution in [-0.4, -0.2) is 11.1 Å². The second-order valence-corrected chi connectivity index (χ2v) is 4.28. The maximum absolute atomic E-state index is 10.2. The Labute approximate surface area is 73.0 Å². The van der Waals surface area contributed by atoms with Gasteiger partial charge in [0, 0.05) is 6.42 Å². The molecule has 0 aliphatic heterocycles. The molecule has 2 atom stereocenters. The average Bonchev–Trinajstić information content (AvgIpc) is 2.80. The Morgan fingerprint density at radius 2 is 2.17 bits per heavy atom. The largest absolute Gasteiger partial charge is 0.481 e. The molecule has 0 aromatic rings. The van der Waals surface area contributed by atoms with Gasteiger partial charge in [-0.2, -0.15) is 0 Å². The summed E-state index contributed by atoms with van der Waals surface area (Å²) in [6.07, 6.45) is 6.70. The Balaban J connectivity index is 1.54. The summed E-state index contributed by atoms with van der Waals surface area (Å²) < 4.78 is 0. The third-order valence-electron chi connectivity index (χ3n) is 3.17. The average molecular weight is 168 g/mol. The Morgan fingerprint density at radius 3 is 2.75 bits per heavy atom. The lowest BCUT2D eigenvalue weighted by molar-refractivity contribution is -0.137. The summed E-state index contributed by atoms with van der Waals surface area (Å²) in [6, 6.07) is 0. The Hall–Kier alpha value is -0.530. The molecule has 0 spiro atoms. The van der Waals surface area contributed by atoms with Crippen molar-refractivity contribution in [3.8, 4) is 0 Å². The zero-order valence-corrected chi connectivity index (χ0v) is 7.33. The van der Waals surface area contributed by atoms with E-state index >= 15 is 0 Å². The van der Waals surface area contributed by atoms with Crippen LogP contribution in [0.25, 0.3) is 0 Å². The maximum atomic E-state index is 10.2. The number of hydrogen-bond donors (Lipinski definition) is 1. The first-order chi connectivity index (χ1) is 5.77. The van der Waals surface area contributed by atoms with Crippen LogP contribution in [-0.2, 0) is 4.79 Å². The molecular weight excluding hydrogens is 152 g/mol. The van der Waals surface area contributed by atoms with Crippen molar-refractivity contribution in [1.29, 1.82) is 0 Å². The fraction of sp³-hybridized carbons (Fsp3) is 0.900. The standard InChI is InChI=1S/C10H16O2/c11-10(12)3-1-2-8-6-9(8)7-4-5-7/h7-9H,1-6H2,(H,11,12). The highest BCUT2D eigenvalue weighted by atomic mass is 16.4. The van der Waals surface area contributed by atoms with Crippen molar-refractivity contribution in [3.05, 3.63) is 0 Å². The molecule has 1 N–H and O–H groups in total. The van der Waals surface area contributed by atoms with Crippen LogP contribution in [0.4, 0.5) is 0 Å². The highest BCUT2D eigenvalue weighted by molar-refractivity contribution is 5.66. The fourth-order valence-electron chi connectivity index (χ4n) is 2.22. The predicted octanol–water partition coefficient (Wildman–Crippen LogP) is 2.29. The minimum atomic E-state index is -0.640. The summed E-state index contributed by atoms with van der Waals surface area (Å²) in [5.74, 6) is 2.30. The summed E-state index contributed by atoms with van der Waals surface area (Å²) in [5, 5.41) is 8.43. The summed E-state index contributed by atoms with van der Waals surface area (Å²) >= 11 is 0. The molecule has 0 aromatic carbocycles. The lowest BCUT2D eigenvalue weighted by Crippen LogP contribution is -1.94. The Morgan fingerprint density at radius 1 is 1.42 bits per heavy atom. The van der Waals surface area contributed by atoms with Gasteiger partial charge in [-0.1, -0.05) is 0 Å². The van der Waals surface area contributed by atoms with Gasteiger partial charge in [0.05, 0.1) is 0 Å². The van der Waals surface area contributed by atoms with E-state index in [4.69, 9.17) is 5.11 Å². The monoisotopic (exact) mass is 168 g/mol. The molecule has 2 fully saturated rings. The molecule has 12 heavy (non-hydrogen) atoms. The quantitative estimate of drug-likeness (QED) is 0.683. The van der Waals surface area contributed by atoms with Crippen molar-refractivity contribution >= 4 is 5.97 Å². The van der Waals surface area contributed by atoms with E-state index in [1.165, 1.54) is 19.3 Å². The molecule has 0 saturated heterocycles. The SMILES string of the molecule is O=C(O)CCCC1CC1C1CC1. The molecule has 0 bridgehead atoms. The summed E-state index contributed by atoms with van der Waals surface area (Å²) in [7, 11) is 0. The zero-order valence-electron chi connectivity index (χ0n) is 7.33. The second-order valence-electron chi connectivity index (χ2n) is 4.28. The number of rotatable bonds is 5. The first kappa shape index (κ1) is 8.09. The van der Waals surface area contributed by atoms with Gasteiger partial charge in [0.25, 0.3) is 0 Å². The smallest absolute Gasteiger partial charge is 0.303 e. The number of carboxylic acid groups (broad SMARTS) is 1. The molecule has 2 nitrogen and oxygen atoms in total. The summed E-state index contributed by atoms with van der Waals surface area (Å²) in [6.45, 7) is 0. The van der Waals surface area contributed by atoms with Gasteiger partial charge in [-0.3, -0.25) is 4.79 Å². The van der Waals surface area contributed by atoms with E-state index in [-0.39, 0.29) is 0 Å². The highest BCUT2D eigenvalue weighted by Gasteiger charge is 2.46. The lowest BCUT2D eigenvalue weighted by Gasteiger charge is -1.95. The van der Waals surface area contributed by atoms with E-state index in [9.17, 15) is 4.79 Å². The normalized spacial score (nSPS) is 33.3. The number of carbonyl (C=O) groups is 1. The molecule has 0 heterocycles. The molecular formula is C10H16O2. The topological polar surface area (TPSA) is 37.3 Å². The third kappa shape index (κ3) is 1.99. The van der Waals surface area contributed by atoms with Crippen molar-refractivity contribution < 1.29 is 9.90 Å². The maximum Gasteiger partial charge on any atom is 0.303 e. The van der Waals surface area contributed by atoms with E-state index in [1.54, 1.807) is 0 Å². The van der Waals surface area contributed by atoms with E-state index in [0.717, 1.165) is 30.6 Å². The minimum Gasteiger partial charge on any atom is -0.481 e. The van der Waals surface area contributed by atoms with E-state index in [2.05, 4.69) is 0 Å². The van der Waals surface area contributed by atoms with E-state index < -0.39 is 5.97 Å². The zero-order chi connectivity index (χ0) is 8.55. The molecule has 2 aliphatic rings. The fourth-order valence-corrected chi connectivity index (χ4v) is 2.22. The van der Waals surface area contributed by atoms with Crippen LogP contribution in [0.15, 0.2) is 0 Å². The number of hydrogen-bond acceptors (Lipinski definition) is 1. The van der Waals surface area contributed by atoms with Gasteiger partial charge >= 0.3 is 5.97 Å². The van der Waals surface area contributed by atoms with Crippen LogP contribution in [0.3, 0.4) is 0 Å². The predicted molar refractivity (Wildman–Crippen MR) is 45.8 cm³/mol. The highest BCUT2D eigenvalue weighted by Crippen LogP contribution is 2.56. The molecule has 2 saturated carbocycles. The van der Waals surface area contributed by atoms with Crippen LogP contribution < -0.4 is 0 Å². The van der Waals surface area contributed by atoms with Crippen LogP contribution in [0, 0.1) is 17.8 Å². The molecule has 0 amide bonds. The molecule has 0 aromatic heterocycles. The second kappa shape index (κ2) is 3.08. The van der Waals surface area contributed by atoms with Crippen molar-refractivity contribution in [2.45, 2.75) is 38.5 Å². The molecule has 68 valence electrons. The van der Waals surface area contributed by atoms with E-state index in [1.807, 2.05) is 0 Å². The van der Waals surface area contributed by atoms with Gasteiger partial charge in [0.2, 0.25) is 0 Å². The van der Waals surface area contributed by atoms with Gasteiger partial charge < -0.3 is 5.11 Å². The van der Waals surface area contributed by atoms with Crippen molar-refractivity contribution in [3.63, 3.8) is 0 Å². The van der Waals surface area contributed by atoms with Crippen LogP contribution in [0.5, 0.6) is 0 Å². The lowest BCUT2D eigenvalue weighted by atomic mass is 10.1. The van der Waals surface area contributed by atoms with Crippen molar-refractivity contribution in [2.24, 2.45) is 17.8 Å². The Kier molecular flexibility index (Phi) is 2.07. The first-order valence-corrected chi connectivity index (χ1v) is 4.99. The van der Waals surface area contributed by atoms with Crippen LogP contribution >= 0.6 is 0 Å². The number of carboxylic acids is 1. The third-order valence-corrected chi connectivity index (χ3v) is 3.17. The molecule has 2 heteroatoms. The van der Waals surface area contributed by atoms with Crippen LogP contribution in [0.1, 0.15) is 38.5 Å². The summed E-state index contributed by atoms with van der Waals surface area (Å²) in [5.41, 5.74) is 0.